The smallest absolute Gasteiger partial charge is 0.237 e. The zero-order valence-corrected chi connectivity index (χ0v) is 6.45. The van der Waals surface area contributed by atoms with Crippen molar-refractivity contribution in [1.29, 1.82) is 0 Å². The number of hydrogen-bond acceptors (Lipinski definition) is 2. The van der Waals surface area contributed by atoms with Crippen LogP contribution in [0.25, 0.3) is 0 Å². The lowest BCUT2D eigenvalue weighted by Gasteiger charge is -2.06. The fourth-order valence-electron chi connectivity index (χ4n) is 0.192. The van der Waals surface area contributed by atoms with Gasteiger partial charge >= 0.3 is 4.83 Å². The monoisotopic (exact) mass is 204 g/mol. The fourth-order valence-corrected chi connectivity index (χ4v) is 0.285. The van der Waals surface area contributed by atoms with Gasteiger partial charge < -0.3 is 0 Å². The summed E-state index contributed by atoms with van der Waals surface area (Å²) in [5.41, 5.74) is 0. The highest BCUT2D eigenvalue weighted by molar-refractivity contribution is 9.10. The van der Waals surface area contributed by atoms with Crippen molar-refractivity contribution >= 4 is 15.9 Å². The van der Waals surface area contributed by atoms with Gasteiger partial charge in [-0.05, 0) is 22.9 Å². The van der Waals surface area contributed by atoms with Crippen molar-refractivity contribution in [2.24, 2.45) is 0 Å². The van der Waals surface area contributed by atoms with Crippen molar-refractivity contribution in [3.05, 3.63) is 0 Å². The number of rotatable bonds is 4. The van der Waals surface area contributed by atoms with Crippen molar-refractivity contribution in [3.8, 4) is 0 Å². The van der Waals surface area contributed by atoms with Crippen LogP contribution in [0.5, 0.6) is 0 Å². The van der Waals surface area contributed by atoms with E-state index in [1.165, 1.54) is 0 Å². The summed E-state index contributed by atoms with van der Waals surface area (Å²) in [4.78, 5) is 5.27. The van der Waals surface area contributed by atoms with E-state index in [0.29, 0.717) is 0 Å². The first-order valence-electron chi connectivity index (χ1n) is 2.37. The predicted molar refractivity (Wildman–Crippen MR) is 31.5 cm³/mol. The molecule has 0 heterocycles. The first-order valence-corrected chi connectivity index (χ1v) is 3.16. The Bertz CT molecular complexity index is 73.5. The summed E-state index contributed by atoms with van der Waals surface area (Å²) in [7, 11) is 0. The van der Waals surface area contributed by atoms with Gasteiger partial charge in [0.2, 0.25) is 0 Å². The lowest BCUT2D eigenvalue weighted by Crippen LogP contribution is -2.14. The van der Waals surface area contributed by atoms with Gasteiger partial charge in [0, 0.05) is 0 Å². The quantitative estimate of drug-likeness (QED) is 0.302. The minimum absolute atomic E-state index is 0.267. The summed E-state index contributed by atoms with van der Waals surface area (Å²) in [6, 6.07) is 0. The summed E-state index contributed by atoms with van der Waals surface area (Å²) in [5.74, 6) is 0. The van der Waals surface area contributed by atoms with Crippen molar-refractivity contribution in [2.75, 3.05) is 13.2 Å². The first kappa shape index (κ1) is 9.26. The molecule has 0 aromatic rings. The molecule has 0 aromatic carbocycles. The highest BCUT2D eigenvalue weighted by Gasteiger charge is 2.24. The SMILES string of the molecule is CCOOCC(F)(F)Br. The van der Waals surface area contributed by atoms with Gasteiger partial charge in [-0.1, -0.05) is 0 Å². The molecule has 9 heavy (non-hydrogen) atoms. The van der Waals surface area contributed by atoms with Crippen molar-refractivity contribution in [3.63, 3.8) is 0 Å². The Labute approximate surface area is 60.2 Å². The van der Waals surface area contributed by atoms with Gasteiger partial charge in [-0.3, -0.25) is 0 Å². The number of alkyl halides is 3. The van der Waals surface area contributed by atoms with E-state index < -0.39 is 11.4 Å². The molecule has 0 aliphatic carbocycles. The van der Waals surface area contributed by atoms with Crippen LogP contribution in [0.15, 0.2) is 0 Å². The zero-order valence-electron chi connectivity index (χ0n) is 4.86. The molecule has 0 fully saturated rings. The average molecular weight is 205 g/mol. The molecule has 0 atom stereocenters. The maximum atomic E-state index is 11.8. The molecular weight excluding hydrogens is 198 g/mol. The van der Waals surface area contributed by atoms with Crippen LogP contribution in [0.1, 0.15) is 6.92 Å². The van der Waals surface area contributed by atoms with Gasteiger partial charge in [0.05, 0.1) is 6.61 Å². The van der Waals surface area contributed by atoms with E-state index in [1.54, 1.807) is 6.92 Å². The third-order valence-electron chi connectivity index (χ3n) is 0.424. The topological polar surface area (TPSA) is 18.5 Å². The highest BCUT2D eigenvalue weighted by Crippen LogP contribution is 2.21. The van der Waals surface area contributed by atoms with Crippen LogP contribution in [-0.2, 0) is 9.78 Å². The van der Waals surface area contributed by atoms with Gasteiger partial charge in [0.1, 0.15) is 0 Å². The van der Waals surface area contributed by atoms with Crippen molar-refractivity contribution < 1.29 is 18.6 Å². The molecule has 0 aliphatic rings. The van der Waals surface area contributed by atoms with Gasteiger partial charge in [-0.2, -0.15) is 8.78 Å². The molecule has 0 N–H and O–H groups in total. The molecule has 0 saturated carbocycles. The van der Waals surface area contributed by atoms with E-state index in [2.05, 4.69) is 25.7 Å². The average Bonchev–Trinajstić information content (AvgIpc) is 1.63. The van der Waals surface area contributed by atoms with E-state index in [9.17, 15) is 8.78 Å². The number of hydrogen-bond donors (Lipinski definition) is 0. The molecule has 0 bridgehead atoms. The fraction of sp³-hybridized carbons (Fsp3) is 1.00. The Kier molecular flexibility index (Phi) is 4.26. The first-order chi connectivity index (χ1) is 4.06. The van der Waals surface area contributed by atoms with E-state index in [4.69, 9.17) is 0 Å². The molecule has 0 unspecified atom stereocenters. The lowest BCUT2D eigenvalue weighted by molar-refractivity contribution is -0.307. The standard InChI is InChI=1S/C4H7BrF2O2/c1-2-8-9-3-4(5,6)7/h2-3H2,1H3. The molecule has 0 rings (SSSR count). The normalized spacial score (nSPS) is 12.0. The molecule has 5 heteroatoms. The van der Waals surface area contributed by atoms with E-state index in [1.807, 2.05) is 0 Å². The summed E-state index contributed by atoms with van der Waals surface area (Å²) in [5, 5.41) is 0. The Morgan fingerprint density at radius 2 is 2.00 bits per heavy atom. The van der Waals surface area contributed by atoms with Gasteiger partial charge in [0.15, 0.2) is 6.61 Å². The van der Waals surface area contributed by atoms with Crippen molar-refractivity contribution in [1.82, 2.24) is 0 Å². The maximum absolute atomic E-state index is 11.8. The molecule has 56 valence electrons. The van der Waals surface area contributed by atoms with Crippen LogP contribution in [0, 0.1) is 0 Å². The van der Waals surface area contributed by atoms with E-state index in [-0.39, 0.29) is 6.61 Å². The second kappa shape index (κ2) is 4.14. The Hall–Kier alpha value is 0.260. The molecule has 0 spiro atoms. The van der Waals surface area contributed by atoms with Crippen LogP contribution in [-0.4, -0.2) is 18.0 Å². The second-order valence-electron chi connectivity index (χ2n) is 1.28. The van der Waals surface area contributed by atoms with E-state index >= 15 is 0 Å². The van der Waals surface area contributed by atoms with Gasteiger partial charge in [0.25, 0.3) is 0 Å². The summed E-state index contributed by atoms with van der Waals surface area (Å²) in [6.45, 7) is 1.15. The Morgan fingerprint density at radius 1 is 1.44 bits per heavy atom. The highest BCUT2D eigenvalue weighted by atomic mass is 79.9. The second-order valence-corrected chi connectivity index (χ2v) is 2.44. The molecule has 0 amide bonds. The third kappa shape index (κ3) is 8.26. The van der Waals surface area contributed by atoms with Gasteiger partial charge in [-0.25, -0.2) is 9.78 Å². The Morgan fingerprint density at radius 3 is 2.33 bits per heavy atom. The summed E-state index contributed by atoms with van der Waals surface area (Å²) in [6.07, 6.45) is 0. The summed E-state index contributed by atoms with van der Waals surface area (Å²) >= 11 is 2.07. The maximum Gasteiger partial charge on any atom is 0.327 e. The van der Waals surface area contributed by atoms with Crippen LogP contribution in [0.3, 0.4) is 0 Å². The minimum atomic E-state index is -2.98. The third-order valence-corrected chi connectivity index (χ3v) is 0.653. The van der Waals surface area contributed by atoms with Crippen molar-refractivity contribution in [2.45, 2.75) is 11.8 Å². The summed E-state index contributed by atoms with van der Waals surface area (Å²) < 4.78 is 23.5. The predicted octanol–water partition coefficient (Wildman–Crippen LogP) is 1.94. The molecule has 0 aliphatic heterocycles. The van der Waals surface area contributed by atoms with Gasteiger partial charge in [-0.15, -0.1) is 0 Å². The minimum Gasteiger partial charge on any atom is -0.237 e. The number of halogens is 3. The zero-order chi connectivity index (χ0) is 7.33. The lowest BCUT2D eigenvalue weighted by atomic mass is 10.8. The largest absolute Gasteiger partial charge is 0.327 e. The van der Waals surface area contributed by atoms with Crippen LogP contribution >= 0.6 is 15.9 Å². The van der Waals surface area contributed by atoms with Crippen LogP contribution < -0.4 is 0 Å². The van der Waals surface area contributed by atoms with Crippen LogP contribution in [0.2, 0.25) is 0 Å². The molecule has 0 aromatic heterocycles. The van der Waals surface area contributed by atoms with Crippen LogP contribution in [0.4, 0.5) is 8.78 Å². The van der Waals surface area contributed by atoms with E-state index in [0.717, 1.165) is 0 Å². The molecule has 0 saturated heterocycles. The molecule has 0 radical (unpaired) electrons. The Balaban J connectivity index is 3.07. The molecular formula is C4H7BrF2O2. The molecule has 2 nitrogen and oxygen atoms in total.